The highest BCUT2D eigenvalue weighted by molar-refractivity contribution is 5.27. The lowest BCUT2D eigenvalue weighted by Gasteiger charge is -2.25. The summed E-state index contributed by atoms with van der Waals surface area (Å²) in [6.07, 6.45) is 2.33. The highest BCUT2D eigenvalue weighted by Gasteiger charge is 2.31. The number of hydrogen-bond donors (Lipinski definition) is 1. The zero-order valence-electron chi connectivity index (χ0n) is 11.5. The van der Waals surface area contributed by atoms with Crippen molar-refractivity contribution in [3.8, 4) is 0 Å². The van der Waals surface area contributed by atoms with E-state index < -0.39 is 17.8 Å². The molecule has 0 heterocycles. The summed E-state index contributed by atoms with van der Waals surface area (Å²) in [5, 5.41) is 10.4. The van der Waals surface area contributed by atoms with Gasteiger partial charge < -0.3 is 5.11 Å². The minimum absolute atomic E-state index is 0.0822. The van der Waals surface area contributed by atoms with Crippen LogP contribution in [-0.4, -0.2) is 5.11 Å². The number of hydrogen-bond acceptors (Lipinski definition) is 1. The van der Waals surface area contributed by atoms with Gasteiger partial charge in [-0.3, -0.25) is 0 Å². The van der Waals surface area contributed by atoms with Crippen LogP contribution in [0.4, 0.5) is 13.2 Å². The minimum atomic E-state index is -4.35. The van der Waals surface area contributed by atoms with Crippen LogP contribution in [0.3, 0.4) is 0 Å². The maximum atomic E-state index is 12.7. The van der Waals surface area contributed by atoms with Crippen molar-refractivity contribution in [1.29, 1.82) is 0 Å². The minimum Gasteiger partial charge on any atom is -0.388 e. The molecule has 0 aliphatic heterocycles. The number of rotatable bonds is 2. The van der Waals surface area contributed by atoms with Crippen LogP contribution in [-0.2, 0) is 6.18 Å². The Labute approximate surface area is 117 Å². The van der Waals surface area contributed by atoms with Gasteiger partial charge in [0.1, 0.15) is 0 Å². The van der Waals surface area contributed by atoms with E-state index in [9.17, 15) is 18.3 Å². The van der Waals surface area contributed by atoms with Gasteiger partial charge in [0.2, 0.25) is 0 Å². The van der Waals surface area contributed by atoms with Crippen LogP contribution in [0.5, 0.6) is 0 Å². The normalized spacial score (nSPS) is 20.2. The third-order valence-corrected chi connectivity index (χ3v) is 4.15. The average Bonchev–Trinajstić information content (AvgIpc) is 2.37. The Morgan fingerprint density at radius 3 is 2.20 bits per heavy atom. The molecule has 1 atom stereocenters. The van der Waals surface area contributed by atoms with Gasteiger partial charge in [-0.05, 0) is 36.5 Å². The molecule has 0 saturated heterocycles. The first kappa shape index (κ1) is 15.4. The number of alkyl halides is 3. The largest absolute Gasteiger partial charge is 0.416 e. The van der Waals surface area contributed by atoms with Crippen molar-refractivity contribution < 1.29 is 18.3 Å². The van der Waals surface area contributed by atoms with Crippen LogP contribution in [0, 0.1) is 5.92 Å². The molecular weight excluding hydrogens is 265 g/mol. The first-order chi connectivity index (χ1) is 9.48. The second-order valence-corrected chi connectivity index (χ2v) is 5.67. The lowest BCUT2D eigenvalue weighted by atomic mass is 9.84. The molecule has 112 valence electrons. The molecule has 1 aliphatic rings. The van der Waals surface area contributed by atoms with Gasteiger partial charge in [-0.15, -0.1) is 0 Å². The summed E-state index contributed by atoms with van der Waals surface area (Å²) in [7, 11) is 0. The summed E-state index contributed by atoms with van der Waals surface area (Å²) >= 11 is 0. The first-order valence-electron chi connectivity index (χ1n) is 7.34. The smallest absolute Gasteiger partial charge is 0.388 e. The molecule has 1 nitrogen and oxygen atoms in total. The van der Waals surface area contributed by atoms with E-state index in [1.165, 1.54) is 12.5 Å². The number of aliphatic hydroxyl groups excluding tert-OH is 1. The summed E-state index contributed by atoms with van der Waals surface area (Å²) in [5.74, 6) is 0.0822. The molecule has 1 unspecified atom stereocenters. The quantitative estimate of drug-likeness (QED) is 0.802. The van der Waals surface area contributed by atoms with E-state index >= 15 is 0 Å². The predicted octanol–water partition coefficient (Wildman–Crippen LogP) is 5.10. The molecule has 1 saturated carbocycles. The van der Waals surface area contributed by atoms with Gasteiger partial charge >= 0.3 is 6.18 Å². The van der Waals surface area contributed by atoms with E-state index in [-0.39, 0.29) is 5.92 Å². The zero-order chi connectivity index (χ0) is 14.6. The van der Waals surface area contributed by atoms with Crippen LogP contribution < -0.4 is 0 Å². The average molecular weight is 286 g/mol. The summed E-state index contributed by atoms with van der Waals surface area (Å²) in [6.45, 7) is 0. The molecule has 0 spiro atoms. The molecule has 0 amide bonds. The molecule has 1 N–H and O–H groups in total. The van der Waals surface area contributed by atoms with Crippen LogP contribution >= 0.6 is 0 Å². The third kappa shape index (κ3) is 3.98. The molecule has 4 heteroatoms. The summed E-state index contributed by atoms with van der Waals surface area (Å²) in [5.41, 5.74) is -0.287. The van der Waals surface area contributed by atoms with Crippen molar-refractivity contribution in [1.82, 2.24) is 0 Å². The van der Waals surface area contributed by atoms with Gasteiger partial charge in [0.15, 0.2) is 0 Å². The Balaban J connectivity index is 2.12. The van der Waals surface area contributed by atoms with Crippen molar-refractivity contribution in [2.75, 3.05) is 0 Å². The SMILES string of the molecule is OC(c1cccc(C(F)(F)F)c1)C1CCCCCCC1. The van der Waals surface area contributed by atoms with Gasteiger partial charge in [-0.1, -0.05) is 44.2 Å². The fourth-order valence-electron chi connectivity index (χ4n) is 2.97. The number of halogens is 3. The molecule has 0 bridgehead atoms. The molecule has 2 rings (SSSR count). The van der Waals surface area contributed by atoms with Crippen LogP contribution in [0.15, 0.2) is 24.3 Å². The summed E-state index contributed by atoms with van der Waals surface area (Å²) < 4.78 is 38.1. The Morgan fingerprint density at radius 2 is 1.60 bits per heavy atom. The Bertz CT molecular complexity index is 420. The number of aliphatic hydroxyl groups is 1. The highest BCUT2D eigenvalue weighted by atomic mass is 19.4. The third-order valence-electron chi connectivity index (χ3n) is 4.15. The fraction of sp³-hybridized carbons (Fsp3) is 0.625. The first-order valence-corrected chi connectivity index (χ1v) is 7.34. The maximum absolute atomic E-state index is 12.7. The van der Waals surface area contributed by atoms with Gasteiger partial charge in [0, 0.05) is 0 Å². The van der Waals surface area contributed by atoms with Gasteiger partial charge in [0.25, 0.3) is 0 Å². The van der Waals surface area contributed by atoms with E-state index in [4.69, 9.17) is 0 Å². The second kappa shape index (κ2) is 6.61. The Hall–Kier alpha value is -1.03. The zero-order valence-corrected chi connectivity index (χ0v) is 11.5. The predicted molar refractivity (Wildman–Crippen MR) is 72.2 cm³/mol. The van der Waals surface area contributed by atoms with E-state index in [0.29, 0.717) is 5.56 Å². The van der Waals surface area contributed by atoms with Crippen LogP contribution in [0.1, 0.15) is 62.2 Å². The molecule has 1 fully saturated rings. The highest BCUT2D eigenvalue weighted by Crippen LogP contribution is 2.35. The topological polar surface area (TPSA) is 20.2 Å². The Morgan fingerprint density at radius 1 is 1.00 bits per heavy atom. The van der Waals surface area contributed by atoms with Crippen molar-refractivity contribution in [2.45, 2.75) is 57.2 Å². The van der Waals surface area contributed by atoms with Crippen molar-refractivity contribution >= 4 is 0 Å². The second-order valence-electron chi connectivity index (χ2n) is 5.67. The van der Waals surface area contributed by atoms with Crippen molar-refractivity contribution in [2.24, 2.45) is 5.92 Å². The number of benzene rings is 1. The molecule has 20 heavy (non-hydrogen) atoms. The fourth-order valence-corrected chi connectivity index (χ4v) is 2.97. The standard InChI is InChI=1S/C16H21F3O/c17-16(18,19)14-10-6-9-13(11-14)15(20)12-7-4-2-1-3-5-8-12/h6,9-12,15,20H,1-5,7-8H2. The van der Waals surface area contributed by atoms with E-state index in [1.807, 2.05) is 0 Å². The van der Waals surface area contributed by atoms with E-state index in [0.717, 1.165) is 50.7 Å². The molecule has 1 aromatic carbocycles. The lowest BCUT2D eigenvalue weighted by molar-refractivity contribution is -0.137. The lowest BCUT2D eigenvalue weighted by Crippen LogP contribution is -2.15. The van der Waals surface area contributed by atoms with Gasteiger partial charge in [-0.2, -0.15) is 13.2 Å². The van der Waals surface area contributed by atoms with Gasteiger partial charge in [-0.25, -0.2) is 0 Å². The molecule has 0 radical (unpaired) electrons. The Kier molecular flexibility index (Phi) is 5.08. The van der Waals surface area contributed by atoms with Crippen LogP contribution in [0.2, 0.25) is 0 Å². The molecule has 0 aromatic heterocycles. The monoisotopic (exact) mass is 286 g/mol. The van der Waals surface area contributed by atoms with Crippen LogP contribution in [0.25, 0.3) is 0 Å². The summed E-state index contributed by atoms with van der Waals surface area (Å²) in [4.78, 5) is 0. The van der Waals surface area contributed by atoms with E-state index in [1.54, 1.807) is 6.07 Å². The molecular formula is C16H21F3O. The summed E-state index contributed by atoms with van der Waals surface area (Å²) in [6, 6.07) is 5.11. The maximum Gasteiger partial charge on any atom is 0.416 e. The van der Waals surface area contributed by atoms with E-state index in [2.05, 4.69) is 0 Å². The molecule has 1 aromatic rings. The van der Waals surface area contributed by atoms with Crippen molar-refractivity contribution in [3.63, 3.8) is 0 Å². The van der Waals surface area contributed by atoms with Gasteiger partial charge in [0.05, 0.1) is 11.7 Å². The van der Waals surface area contributed by atoms with Crippen molar-refractivity contribution in [3.05, 3.63) is 35.4 Å². The molecule has 1 aliphatic carbocycles.